The molecule has 8 aromatic rings. The maximum Gasteiger partial charge on any atom is 0.410 e. The lowest BCUT2D eigenvalue weighted by Gasteiger charge is -2.33. The summed E-state index contributed by atoms with van der Waals surface area (Å²) in [5.74, 6) is -0.226. The van der Waals surface area contributed by atoms with Gasteiger partial charge in [-0.05, 0) is 193 Å². The zero-order valence-electron chi connectivity index (χ0n) is 63.3. The highest BCUT2D eigenvalue weighted by Crippen LogP contribution is 2.35. The molecule has 0 radical (unpaired) electrons. The number of carbonyl (C=O) groups is 5. The largest absolute Gasteiger partial charge is 0.481 e. The second kappa shape index (κ2) is 40.6. The highest BCUT2D eigenvalue weighted by Gasteiger charge is 2.29. The molecule has 0 unspecified atom stereocenters. The van der Waals surface area contributed by atoms with Crippen molar-refractivity contribution in [1.29, 1.82) is 0 Å². The first-order valence-electron chi connectivity index (χ1n) is 38.6. The van der Waals surface area contributed by atoms with Crippen molar-refractivity contribution < 1.29 is 43.3 Å². The van der Waals surface area contributed by atoms with Gasteiger partial charge >= 0.3 is 12.1 Å². The lowest BCUT2D eigenvalue weighted by molar-refractivity contribution is -0.138. The summed E-state index contributed by atoms with van der Waals surface area (Å²) >= 11 is 0. The number of piperidine rings is 2. The van der Waals surface area contributed by atoms with Gasteiger partial charge in [-0.25, -0.2) is 24.1 Å². The van der Waals surface area contributed by atoms with Crippen molar-refractivity contribution >= 4 is 63.2 Å². The van der Waals surface area contributed by atoms with Gasteiger partial charge in [-0.2, -0.15) is 10.2 Å². The molecule has 0 spiro atoms. The predicted octanol–water partition coefficient (Wildman–Crippen LogP) is 13.2. The Bertz CT molecular complexity index is 4220. The summed E-state index contributed by atoms with van der Waals surface area (Å²) in [6.45, 7) is 23.7. The second-order valence-electron chi connectivity index (χ2n) is 29.2. The van der Waals surface area contributed by atoms with Crippen LogP contribution < -0.4 is 37.6 Å². The van der Waals surface area contributed by atoms with Crippen molar-refractivity contribution in [2.45, 2.75) is 216 Å². The van der Waals surface area contributed by atoms with E-state index in [1.54, 1.807) is 0 Å². The average Bonchev–Trinajstić information content (AvgIpc) is 1.67. The van der Waals surface area contributed by atoms with E-state index in [1.165, 1.54) is 40.7 Å². The Morgan fingerprint density at radius 2 is 0.953 bits per heavy atom. The first-order valence-corrected chi connectivity index (χ1v) is 38.6. The Hall–Kier alpha value is -9.29. The fraction of sp³-hybridized carbons (Fsp3) is 0.512. The smallest absolute Gasteiger partial charge is 0.410 e. The number of hydrogen-bond donors (Lipinski definition) is 8. The second-order valence-corrected chi connectivity index (χ2v) is 29.2. The van der Waals surface area contributed by atoms with Gasteiger partial charge in [0.25, 0.3) is 0 Å². The Morgan fingerprint density at radius 1 is 0.551 bits per heavy atom. The summed E-state index contributed by atoms with van der Waals surface area (Å²) in [6.07, 6.45) is 15.3. The van der Waals surface area contributed by atoms with E-state index in [1.807, 2.05) is 73.4 Å². The predicted molar refractivity (Wildman–Crippen MR) is 424 cm³/mol. The number of ether oxygens (including phenoxy) is 3. The summed E-state index contributed by atoms with van der Waals surface area (Å²) in [5, 5.41) is 39.5. The Balaban J connectivity index is 0.000000196. The van der Waals surface area contributed by atoms with Crippen molar-refractivity contribution in [2.24, 2.45) is 17.6 Å². The summed E-state index contributed by atoms with van der Waals surface area (Å²) in [6, 6.07) is 34.9. The molecule has 4 aliphatic heterocycles. The van der Waals surface area contributed by atoms with Crippen molar-refractivity contribution in [1.82, 2.24) is 55.7 Å². The monoisotopic (exact) mass is 1460 g/mol. The summed E-state index contributed by atoms with van der Waals surface area (Å²) < 4.78 is 20.3. The van der Waals surface area contributed by atoms with Crippen LogP contribution in [0.3, 0.4) is 0 Å². The number of pyridine rings is 2. The molecule has 4 amide bonds. The van der Waals surface area contributed by atoms with Crippen LogP contribution in [-0.2, 0) is 98.3 Å². The minimum atomic E-state index is -0.980. The topological polar surface area (TPSA) is 296 Å². The fourth-order valence-corrected chi connectivity index (χ4v) is 14.4. The van der Waals surface area contributed by atoms with Crippen LogP contribution in [0.25, 0.3) is 44.3 Å². The van der Waals surface area contributed by atoms with Crippen LogP contribution in [0, 0.1) is 11.8 Å². The molecule has 9 N–H and O–H groups in total. The van der Waals surface area contributed by atoms with E-state index in [4.69, 9.17) is 35.0 Å². The van der Waals surface area contributed by atoms with Crippen molar-refractivity contribution in [3.8, 4) is 22.3 Å². The van der Waals surface area contributed by atoms with Crippen LogP contribution in [0.15, 0.2) is 109 Å². The Labute approximate surface area is 632 Å². The molecular weight excluding hydrogens is 1350 g/mol. The van der Waals surface area contributed by atoms with Gasteiger partial charge in [0.15, 0.2) is 11.3 Å². The van der Waals surface area contributed by atoms with Crippen LogP contribution in [-0.4, -0.2) is 140 Å². The number of amides is 4. The van der Waals surface area contributed by atoms with Gasteiger partial charge in [0.1, 0.15) is 5.60 Å². The molecule has 0 saturated carbocycles. The minimum Gasteiger partial charge on any atom is -0.481 e. The van der Waals surface area contributed by atoms with Crippen LogP contribution in [0.2, 0.25) is 0 Å². The van der Waals surface area contributed by atoms with E-state index in [0.717, 1.165) is 202 Å². The van der Waals surface area contributed by atoms with E-state index < -0.39 is 11.6 Å². The quantitative estimate of drug-likeness (QED) is 0.0237. The molecule has 107 heavy (non-hydrogen) atoms. The minimum absolute atomic E-state index is 0. The summed E-state index contributed by atoms with van der Waals surface area (Å²) in [5.41, 5.74) is 22.4. The molecule has 4 aromatic heterocycles. The van der Waals surface area contributed by atoms with Gasteiger partial charge in [0.05, 0.1) is 41.0 Å². The van der Waals surface area contributed by atoms with E-state index in [2.05, 4.69) is 141 Å². The van der Waals surface area contributed by atoms with Gasteiger partial charge in [-0.1, -0.05) is 106 Å². The van der Waals surface area contributed by atoms with Crippen molar-refractivity contribution in [2.75, 3.05) is 63.2 Å². The van der Waals surface area contributed by atoms with E-state index in [-0.39, 0.29) is 69.0 Å². The van der Waals surface area contributed by atoms with Crippen molar-refractivity contribution in [3.05, 3.63) is 154 Å². The third-order valence-corrected chi connectivity index (χ3v) is 20.3. The number of fused-ring (bicyclic) bond motifs is 2. The third kappa shape index (κ3) is 23.9. The molecule has 0 bridgehead atoms. The number of nitrogens with one attached hydrogen (secondary N) is 6. The highest BCUT2D eigenvalue weighted by molar-refractivity contribution is 5.93. The van der Waals surface area contributed by atoms with E-state index in [0.29, 0.717) is 38.5 Å². The van der Waals surface area contributed by atoms with Gasteiger partial charge < -0.3 is 61.9 Å². The van der Waals surface area contributed by atoms with Crippen LogP contribution in [0.5, 0.6) is 0 Å². The van der Waals surface area contributed by atoms with Gasteiger partial charge in [-0.3, -0.25) is 19.2 Å². The number of carbonyl (C=O) groups excluding carboxylic acids is 4. The first kappa shape index (κ1) is 81.8. The molecule has 12 rings (SSSR count). The molecule has 23 heteroatoms. The number of likely N-dealkylation sites (tertiary alicyclic amines) is 1. The van der Waals surface area contributed by atoms with Crippen molar-refractivity contribution in [3.63, 3.8) is 0 Å². The maximum absolute atomic E-state index is 13.0. The maximum atomic E-state index is 13.0. The summed E-state index contributed by atoms with van der Waals surface area (Å²) in [4.78, 5) is 72.4. The number of benzene rings is 4. The average molecular weight is 1470 g/mol. The van der Waals surface area contributed by atoms with Gasteiger partial charge in [0.2, 0.25) is 17.7 Å². The van der Waals surface area contributed by atoms with Crippen LogP contribution in [0.4, 0.5) is 16.2 Å². The number of nitrogens with zero attached hydrogens (tertiary/aromatic N) is 7. The SMILES string of the molecule is C.CC(C)(C)OC(=O)N1CCC(Cc2cccc(-c3cccc(CN)c3)c2)CC1.CCc1nc2c(cnn2CC)c(NC2CCOCC2)c1CNC(=O)CCC(=O)NCc1cccc(-c2cccc(CC3CCNCC3)c2)c1.CCc1nc2c(cnn2CC)c(NC2CCOCC2)c1CNC(=O)CCC(=O)O. The standard InChI is InChI=1S/C39H51N7O3.C24H32N2O2.C20H29N5O4.CH4/c1-3-35-33(38(44-32-15-19-49-20-16-32)34-26-43-46(4-2)39(34)45-35)25-42-37(48)12-11-36(47)41-24-29-8-6-10-31(23-29)30-9-5-7-28(22-30)21-27-13-17-40-18-14-27;1-24(2,3)28-23(27)26-12-10-18(11-13-26)14-19-6-4-8-21(15-19)22-9-5-7-20(16-22)17-25;1-3-16-14(11-21-17(26)5-6-18(27)28)19(23-13-7-9-29-10-8-13)15-12-22-25(4-2)20(15)24-16;/h5-10,22-23,26-27,32,40H,3-4,11-21,24-25H2,1-2H3,(H,41,47)(H,42,48)(H,44,45);4-9,15-16,18H,10-14,17,25H2,1-3H3;12-13H,3-11H2,1-2H3,(H,21,26)(H,23,24)(H,27,28);1H4. The number of carboxylic acids is 1. The Kier molecular flexibility index (Phi) is 31.0. The third-order valence-electron chi connectivity index (χ3n) is 20.3. The molecule has 8 heterocycles. The molecule has 4 fully saturated rings. The molecule has 23 nitrogen and oxygen atoms in total. The lowest BCUT2D eigenvalue weighted by Crippen LogP contribution is -2.42. The van der Waals surface area contributed by atoms with Gasteiger partial charge in [-0.15, -0.1) is 0 Å². The van der Waals surface area contributed by atoms with E-state index in [9.17, 15) is 24.0 Å². The lowest BCUT2D eigenvalue weighted by atomic mass is 9.89. The van der Waals surface area contributed by atoms with Gasteiger partial charge in [0, 0.05) is 133 Å². The molecule has 4 aliphatic rings. The Morgan fingerprint density at radius 3 is 1.37 bits per heavy atom. The zero-order valence-corrected chi connectivity index (χ0v) is 63.3. The molecule has 4 aromatic carbocycles. The number of carboxylic acid groups (broad SMARTS) is 1. The van der Waals surface area contributed by atoms with Crippen LogP contribution >= 0.6 is 0 Å². The first-order chi connectivity index (χ1) is 51.4. The fourth-order valence-electron chi connectivity index (χ4n) is 14.4. The number of aliphatic carboxylic acids is 1. The molecule has 0 atom stereocenters. The number of anilines is 2. The molecule has 0 aliphatic carbocycles. The highest BCUT2D eigenvalue weighted by atomic mass is 16.6. The molecule has 4 saturated heterocycles. The molecule has 576 valence electrons. The number of aryl methyl sites for hydroxylation is 4. The number of rotatable bonds is 27. The zero-order chi connectivity index (χ0) is 75.0. The van der Waals surface area contributed by atoms with E-state index >= 15 is 0 Å². The number of aromatic nitrogens is 6. The normalized spacial score (nSPS) is 15.3. The number of nitrogens with two attached hydrogens (primary N) is 1. The summed E-state index contributed by atoms with van der Waals surface area (Å²) in [7, 11) is 0. The van der Waals surface area contributed by atoms with Crippen LogP contribution in [0.1, 0.15) is 178 Å². The molecular formula is C84H116N14O9. The number of hydrogen-bond acceptors (Lipinski definition) is 16.